The maximum Gasteiger partial charge on any atom is 0.0705 e. The molecule has 2 heterocycles. The first-order valence-electron chi connectivity index (χ1n) is 6.80. The molecule has 0 fully saturated rings. The van der Waals surface area contributed by atoms with Crippen LogP contribution in [0.1, 0.15) is 24.1 Å². The highest BCUT2D eigenvalue weighted by Gasteiger charge is 2.06. The van der Waals surface area contributed by atoms with Gasteiger partial charge in [0.15, 0.2) is 0 Å². The molecule has 1 aromatic carbocycles. The molecule has 0 radical (unpaired) electrons. The van der Waals surface area contributed by atoms with Crippen molar-refractivity contribution in [3.63, 3.8) is 0 Å². The molecule has 1 N–H and O–H groups in total. The summed E-state index contributed by atoms with van der Waals surface area (Å²) in [6.07, 6.45) is 5.57. The first-order chi connectivity index (χ1) is 9.84. The lowest BCUT2D eigenvalue weighted by molar-refractivity contribution is 0.574. The molecular weight excluding hydrogens is 246 g/mol. The van der Waals surface area contributed by atoms with Gasteiger partial charge < -0.3 is 5.32 Å². The lowest BCUT2D eigenvalue weighted by atomic mass is 10.1. The minimum Gasteiger partial charge on any atom is -0.306 e. The summed E-state index contributed by atoms with van der Waals surface area (Å²) in [5, 5.41) is 4.75. The van der Waals surface area contributed by atoms with Crippen LogP contribution in [0.25, 0.3) is 10.9 Å². The minimum atomic E-state index is 0.274. The van der Waals surface area contributed by atoms with E-state index in [1.807, 2.05) is 30.6 Å². The Morgan fingerprint density at radius 1 is 1.05 bits per heavy atom. The van der Waals surface area contributed by atoms with E-state index in [1.165, 1.54) is 16.5 Å². The van der Waals surface area contributed by atoms with E-state index in [0.29, 0.717) is 0 Å². The first-order valence-corrected chi connectivity index (χ1v) is 6.80. The van der Waals surface area contributed by atoms with Crippen LogP contribution in [-0.2, 0) is 6.54 Å². The van der Waals surface area contributed by atoms with Gasteiger partial charge >= 0.3 is 0 Å². The molecule has 0 aliphatic heterocycles. The van der Waals surface area contributed by atoms with Gasteiger partial charge in [-0.15, -0.1) is 0 Å². The Labute approximate surface area is 118 Å². The molecule has 20 heavy (non-hydrogen) atoms. The van der Waals surface area contributed by atoms with Crippen LogP contribution in [0.2, 0.25) is 0 Å². The predicted molar refractivity (Wildman–Crippen MR) is 81.2 cm³/mol. The number of aromatic nitrogens is 2. The normalized spacial score (nSPS) is 12.4. The molecule has 0 aliphatic rings. The highest BCUT2D eigenvalue weighted by molar-refractivity contribution is 5.81. The van der Waals surface area contributed by atoms with E-state index in [0.717, 1.165) is 12.1 Å². The number of hydrogen-bond acceptors (Lipinski definition) is 3. The van der Waals surface area contributed by atoms with Crippen LogP contribution in [0, 0.1) is 0 Å². The van der Waals surface area contributed by atoms with Gasteiger partial charge in [0.1, 0.15) is 0 Å². The van der Waals surface area contributed by atoms with Crippen molar-refractivity contribution in [1.29, 1.82) is 0 Å². The molecule has 0 unspecified atom stereocenters. The highest BCUT2D eigenvalue weighted by Crippen LogP contribution is 2.17. The second-order valence-corrected chi connectivity index (χ2v) is 4.88. The van der Waals surface area contributed by atoms with Crippen molar-refractivity contribution >= 4 is 10.9 Å². The molecule has 3 aromatic rings. The van der Waals surface area contributed by atoms with Gasteiger partial charge in [0, 0.05) is 36.6 Å². The largest absolute Gasteiger partial charge is 0.306 e. The number of nitrogens with one attached hydrogen (secondary N) is 1. The van der Waals surface area contributed by atoms with Crippen LogP contribution in [-0.4, -0.2) is 9.97 Å². The summed E-state index contributed by atoms with van der Waals surface area (Å²) in [7, 11) is 0. The lowest BCUT2D eigenvalue weighted by Crippen LogP contribution is -2.18. The third-order valence-electron chi connectivity index (χ3n) is 3.52. The third-order valence-corrected chi connectivity index (χ3v) is 3.52. The zero-order chi connectivity index (χ0) is 13.8. The number of benzene rings is 1. The Morgan fingerprint density at radius 3 is 2.80 bits per heavy atom. The topological polar surface area (TPSA) is 37.8 Å². The SMILES string of the molecule is C[C@@H](NCc1ccnc2ccccc12)c1cccnc1. The van der Waals surface area contributed by atoms with Crippen molar-refractivity contribution in [3.8, 4) is 0 Å². The molecule has 0 saturated heterocycles. The van der Waals surface area contributed by atoms with Crippen molar-refractivity contribution in [3.05, 3.63) is 72.2 Å². The number of para-hydroxylation sites is 1. The van der Waals surface area contributed by atoms with Crippen molar-refractivity contribution in [2.24, 2.45) is 0 Å². The van der Waals surface area contributed by atoms with Gasteiger partial charge in [-0.2, -0.15) is 0 Å². The summed E-state index contributed by atoms with van der Waals surface area (Å²) in [4.78, 5) is 8.55. The lowest BCUT2D eigenvalue weighted by Gasteiger charge is -2.14. The molecule has 100 valence electrons. The van der Waals surface area contributed by atoms with E-state index < -0.39 is 0 Å². The molecule has 3 heteroatoms. The maximum absolute atomic E-state index is 4.39. The zero-order valence-corrected chi connectivity index (χ0v) is 11.5. The number of rotatable bonds is 4. The van der Waals surface area contributed by atoms with Gasteiger partial charge in [0.05, 0.1) is 5.52 Å². The van der Waals surface area contributed by atoms with Crippen LogP contribution < -0.4 is 5.32 Å². The van der Waals surface area contributed by atoms with Gasteiger partial charge in [-0.3, -0.25) is 9.97 Å². The van der Waals surface area contributed by atoms with Crippen LogP contribution in [0.3, 0.4) is 0 Å². The smallest absolute Gasteiger partial charge is 0.0705 e. The number of nitrogens with zero attached hydrogens (tertiary/aromatic N) is 2. The predicted octanol–water partition coefficient (Wildman–Crippen LogP) is 3.48. The summed E-state index contributed by atoms with van der Waals surface area (Å²) >= 11 is 0. The zero-order valence-electron chi connectivity index (χ0n) is 11.5. The fourth-order valence-corrected chi connectivity index (χ4v) is 2.32. The van der Waals surface area contributed by atoms with Crippen molar-refractivity contribution < 1.29 is 0 Å². The summed E-state index contributed by atoms with van der Waals surface area (Å²) in [5.41, 5.74) is 3.51. The summed E-state index contributed by atoms with van der Waals surface area (Å²) in [5.74, 6) is 0. The van der Waals surface area contributed by atoms with E-state index in [1.54, 1.807) is 6.20 Å². The maximum atomic E-state index is 4.39. The molecule has 3 nitrogen and oxygen atoms in total. The standard InChI is InChI=1S/C17H17N3/c1-13(14-5-4-9-18-11-14)20-12-15-8-10-19-17-7-3-2-6-16(15)17/h2-11,13,20H,12H2,1H3/t13-/m1/s1. The molecule has 0 aliphatic carbocycles. The minimum absolute atomic E-state index is 0.274. The fraction of sp³-hybridized carbons (Fsp3) is 0.176. The second-order valence-electron chi connectivity index (χ2n) is 4.88. The van der Waals surface area contributed by atoms with E-state index in [-0.39, 0.29) is 6.04 Å². The molecule has 2 aromatic heterocycles. The Bertz CT molecular complexity index is 689. The quantitative estimate of drug-likeness (QED) is 0.783. The number of hydrogen-bond donors (Lipinski definition) is 1. The Hall–Kier alpha value is -2.26. The van der Waals surface area contributed by atoms with Crippen LogP contribution >= 0.6 is 0 Å². The molecular formula is C17H17N3. The van der Waals surface area contributed by atoms with Crippen LogP contribution in [0.5, 0.6) is 0 Å². The summed E-state index contributed by atoms with van der Waals surface area (Å²) in [6, 6.07) is 14.6. The van der Waals surface area contributed by atoms with Gasteiger partial charge in [-0.05, 0) is 36.2 Å². The Morgan fingerprint density at radius 2 is 1.95 bits per heavy atom. The second kappa shape index (κ2) is 5.80. The van der Waals surface area contributed by atoms with E-state index in [9.17, 15) is 0 Å². The fourth-order valence-electron chi connectivity index (χ4n) is 2.32. The van der Waals surface area contributed by atoms with Crippen LogP contribution in [0.15, 0.2) is 61.1 Å². The molecule has 0 saturated carbocycles. The van der Waals surface area contributed by atoms with Gasteiger partial charge in [0.2, 0.25) is 0 Å². The monoisotopic (exact) mass is 263 g/mol. The van der Waals surface area contributed by atoms with Gasteiger partial charge in [0.25, 0.3) is 0 Å². The van der Waals surface area contributed by atoms with Crippen LogP contribution in [0.4, 0.5) is 0 Å². The molecule has 3 rings (SSSR count). The molecule has 0 bridgehead atoms. The molecule has 0 amide bonds. The summed E-state index contributed by atoms with van der Waals surface area (Å²) < 4.78 is 0. The number of pyridine rings is 2. The summed E-state index contributed by atoms with van der Waals surface area (Å²) in [6.45, 7) is 2.97. The van der Waals surface area contributed by atoms with Gasteiger partial charge in [-0.25, -0.2) is 0 Å². The van der Waals surface area contributed by atoms with Gasteiger partial charge in [-0.1, -0.05) is 24.3 Å². The van der Waals surface area contributed by atoms with Crippen molar-refractivity contribution in [2.75, 3.05) is 0 Å². The Kier molecular flexibility index (Phi) is 3.70. The number of fused-ring (bicyclic) bond motifs is 1. The molecule has 1 atom stereocenters. The highest BCUT2D eigenvalue weighted by atomic mass is 14.9. The average Bonchev–Trinajstić information content (AvgIpc) is 2.53. The molecule has 0 spiro atoms. The first kappa shape index (κ1) is 12.8. The average molecular weight is 263 g/mol. The van der Waals surface area contributed by atoms with Crippen molar-refractivity contribution in [1.82, 2.24) is 15.3 Å². The van der Waals surface area contributed by atoms with E-state index >= 15 is 0 Å². The van der Waals surface area contributed by atoms with Crippen molar-refractivity contribution in [2.45, 2.75) is 19.5 Å². The Balaban J connectivity index is 1.77. The third kappa shape index (κ3) is 2.68. The van der Waals surface area contributed by atoms with E-state index in [2.05, 4.69) is 46.5 Å². The van der Waals surface area contributed by atoms with E-state index in [4.69, 9.17) is 0 Å².